The molecule has 1 aromatic heterocycles. The minimum absolute atomic E-state index is 0.142. The normalized spacial score (nSPS) is 26.3. The Hall–Kier alpha value is -1.49. The Morgan fingerprint density at radius 1 is 1.04 bits per heavy atom. The highest BCUT2D eigenvalue weighted by Crippen LogP contribution is 2.34. The number of aromatic nitrogens is 2. The molecule has 2 heterocycles. The van der Waals surface area contributed by atoms with Gasteiger partial charge in [-0.1, -0.05) is 30.9 Å². The Morgan fingerprint density at radius 2 is 1.79 bits per heavy atom. The topological polar surface area (TPSA) is 49.2 Å². The molecular weight excluding hydrogens is 370 g/mol. The predicted molar refractivity (Wildman–Crippen MR) is 113 cm³/mol. The number of likely N-dealkylation sites (tertiary alicyclic amines) is 1. The number of hydrogen-bond donors (Lipinski definition) is 1. The van der Waals surface area contributed by atoms with E-state index in [1.54, 1.807) is 0 Å². The van der Waals surface area contributed by atoms with Crippen molar-refractivity contribution in [3.8, 4) is 11.4 Å². The number of benzene rings is 1. The van der Waals surface area contributed by atoms with E-state index in [4.69, 9.17) is 16.6 Å². The summed E-state index contributed by atoms with van der Waals surface area (Å²) in [5.74, 6) is 1.17. The first-order valence-electron chi connectivity index (χ1n) is 10.6. The predicted octanol–water partition coefficient (Wildman–Crippen LogP) is 5.01. The van der Waals surface area contributed by atoms with E-state index in [1.165, 1.54) is 32.1 Å². The van der Waals surface area contributed by atoms with Crippen molar-refractivity contribution in [1.82, 2.24) is 14.9 Å². The van der Waals surface area contributed by atoms with Gasteiger partial charge in [0.15, 0.2) is 5.82 Å². The highest BCUT2D eigenvalue weighted by atomic mass is 35.5. The fraction of sp³-hybridized carbons (Fsp3) is 0.565. The van der Waals surface area contributed by atoms with Crippen LogP contribution < -0.4 is 0 Å². The molecule has 5 heteroatoms. The summed E-state index contributed by atoms with van der Waals surface area (Å²) in [6.45, 7) is 3.95. The molecule has 1 aliphatic carbocycles. The van der Waals surface area contributed by atoms with Gasteiger partial charge in [-0.05, 0) is 69.5 Å². The molecule has 1 aliphatic heterocycles. The number of aliphatic hydroxyl groups is 1. The van der Waals surface area contributed by atoms with Gasteiger partial charge in [0.05, 0.1) is 11.8 Å². The van der Waals surface area contributed by atoms with Crippen LogP contribution in [-0.2, 0) is 6.54 Å². The van der Waals surface area contributed by atoms with Gasteiger partial charge >= 0.3 is 0 Å². The molecule has 0 bridgehead atoms. The Bertz CT molecular complexity index is 795. The molecular formula is C23H30ClN3O. The lowest BCUT2D eigenvalue weighted by Gasteiger charge is -2.43. The molecule has 1 N–H and O–H groups in total. The molecule has 3 unspecified atom stereocenters. The van der Waals surface area contributed by atoms with E-state index < -0.39 is 0 Å². The first-order chi connectivity index (χ1) is 13.6. The third-order valence-corrected chi connectivity index (χ3v) is 6.57. The molecule has 4 nitrogen and oxygen atoms in total. The van der Waals surface area contributed by atoms with Crippen LogP contribution in [0.3, 0.4) is 0 Å². The van der Waals surface area contributed by atoms with Crippen LogP contribution >= 0.6 is 11.6 Å². The highest BCUT2D eigenvalue weighted by Gasteiger charge is 2.35. The second kappa shape index (κ2) is 8.89. The van der Waals surface area contributed by atoms with Gasteiger partial charge in [-0.25, -0.2) is 9.97 Å². The maximum atomic E-state index is 10.6. The van der Waals surface area contributed by atoms with Crippen molar-refractivity contribution in [1.29, 1.82) is 0 Å². The van der Waals surface area contributed by atoms with Crippen LogP contribution in [0.5, 0.6) is 0 Å². The number of piperidine rings is 1. The largest absolute Gasteiger partial charge is 0.393 e. The Labute approximate surface area is 173 Å². The van der Waals surface area contributed by atoms with Gasteiger partial charge in [0.25, 0.3) is 0 Å². The van der Waals surface area contributed by atoms with E-state index in [0.717, 1.165) is 53.7 Å². The molecule has 3 atom stereocenters. The third-order valence-electron chi connectivity index (χ3n) is 6.31. The molecule has 1 saturated heterocycles. The SMILES string of the molecule is Cc1cc(CN2CCCCC2C2CCCCC2O)nc(-c2ccc(Cl)cc2)n1. The van der Waals surface area contributed by atoms with Crippen LogP contribution in [0.2, 0.25) is 5.02 Å². The van der Waals surface area contributed by atoms with Crippen LogP contribution in [0.25, 0.3) is 11.4 Å². The van der Waals surface area contributed by atoms with Crippen molar-refractivity contribution < 1.29 is 5.11 Å². The van der Waals surface area contributed by atoms with E-state index in [9.17, 15) is 5.11 Å². The van der Waals surface area contributed by atoms with Crippen molar-refractivity contribution >= 4 is 11.6 Å². The second-order valence-corrected chi connectivity index (χ2v) is 8.82. The molecule has 2 fully saturated rings. The maximum Gasteiger partial charge on any atom is 0.159 e. The highest BCUT2D eigenvalue weighted by molar-refractivity contribution is 6.30. The first-order valence-corrected chi connectivity index (χ1v) is 11.0. The van der Waals surface area contributed by atoms with Gasteiger partial charge in [0.2, 0.25) is 0 Å². The zero-order chi connectivity index (χ0) is 19.5. The van der Waals surface area contributed by atoms with Crippen molar-refractivity contribution in [2.75, 3.05) is 6.54 Å². The third kappa shape index (κ3) is 4.56. The van der Waals surface area contributed by atoms with Gasteiger partial charge in [0, 0.05) is 34.8 Å². The molecule has 1 saturated carbocycles. The number of rotatable bonds is 4. The molecule has 2 aromatic rings. The fourth-order valence-electron chi connectivity index (χ4n) is 4.94. The average Bonchev–Trinajstić information content (AvgIpc) is 2.69. The fourth-order valence-corrected chi connectivity index (χ4v) is 5.06. The lowest BCUT2D eigenvalue weighted by Crippen LogP contribution is -2.48. The minimum atomic E-state index is -0.142. The zero-order valence-corrected chi connectivity index (χ0v) is 17.4. The molecule has 1 aromatic carbocycles. The minimum Gasteiger partial charge on any atom is -0.393 e. The van der Waals surface area contributed by atoms with Crippen molar-refractivity contribution in [3.63, 3.8) is 0 Å². The number of halogens is 1. The van der Waals surface area contributed by atoms with E-state index in [-0.39, 0.29) is 6.10 Å². The van der Waals surface area contributed by atoms with Gasteiger partial charge in [-0.15, -0.1) is 0 Å². The summed E-state index contributed by atoms with van der Waals surface area (Å²) in [6.07, 6.45) is 8.08. The number of nitrogens with zero attached hydrogens (tertiary/aromatic N) is 3. The van der Waals surface area contributed by atoms with Crippen LogP contribution in [0, 0.1) is 12.8 Å². The number of aryl methyl sites for hydroxylation is 1. The van der Waals surface area contributed by atoms with E-state index >= 15 is 0 Å². The Kier molecular flexibility index (Phi) is 6.29. The number of hydrogen-bond acceptors (Lipinski definition) is 4. The zero-order valence-electron chi connectivity index (χ0n) is 16.6. The van der Waals surface area contributed by atoms with Gasteiger partial charge < -0.3 is 5.11 Å². The molecule has 150 valence electrons. The van der Waals surface area contributed by atoms with Crippen molar-refractivity contribution in [2.45, 2.75) is 70.6 Å². The molecule has 0 spiro atoms. The first kappa shape index (κ1) is 19.8. The van der Waals surface area contributed by atoms with E-state index in [0.29, 0.717) is 12.0 Å². The Balaban J connectivity index is 1.55. The second-order valence-electron chi connectivity index (χ2n) is 8.38. The molecule has 0 amide bonds. The number of aliphatic hydroxyl groups excluding tert-OH is 1. The van der Waals surface area contributed by atoms with Crippen LogP contribution in [0.15, 0.2) is 30.3 Å². The summed E-state index contributed by atoms with van der Waals surface area (Å²) in [6, 6.07) is 10.3. The molecule has 2 aliphatic rings. The van der Waals surface area contributed by atoms with E-state index in [2.05, 4.69) is 16.0 Å². The van der Waals surface area contributed by atoms with Gasteiger partial charge in [-0.2, -0.15) is 0 Å². The van der Waals surface area contributed by atoms with Gasteiger partial charge in [-0.3, -0.25) is 4.90 Å². The smallest absolute Gasteiger partial charge is 0.159 e. The maximum absolute atomic E-state index is 10.6. The molecule has 0 radical (unpaired) electrons. The van der Waals surface area contributed by atoms with Crippen molar-refractivity contribution in [3.05, 3.63) is 46.7 Å². The summed E-state index contributed by atoms with van der Waals surface area (Å²) >= 11 is 6.02. The van der Waals surface area contributed by atoms with E-state index in [1.807, 2.05) is 31.2 Å². The summed E-state index contributed by atoms with van der Waals surface area (Å²) in [7, 11) is 0. The van der Waals surface area contributed by atoms with Crippen LogP contribution in [0.1, 0.15) is 56.3 Å². The van der Waals surface area contributed by atoms with Gasteiger partial charge in [0.1, 0.15) is 0 Å². The Morgan fingerprint density at radius 3 is 2.57 bits per heavy atom. The summed E-state index contributed by atoms with van der Waals surface area (Å²) < 4.78 is 0. The summed E-state index contributed by atoms with van der Waals surface area (Å²) in [4.78, 5) is 12.1. The lowest BCUT2D eigenvalue weighted by atomic mass is 9.78. The standard InChI is InChI=1S/C23H30ClN3O/c1-16-14-19(26-23(25-16)17-9-11-18(24)12-10-17)15-27-13-5-4-7-21(27)20-6-2-3-8-22(20)28/h9-12,14,20-22,28H,2-8,13,15H2,1H3. The summed E-state index contributed by atoms with van der Waals surface area (Å²) in [5.41, 5.74) is 3.04. The molecule has 28 heavy (non-hydrogen) atoms. The average molecular weight is 400 g/mol. The van der Waals surface area contributed by atoms with Crippen LogP contribution in [0.4, 0.5) is 0 Å². The quantitative estimate of drug-likeness (QED) is 0.784. The van der Waals surface area contributed by atoms with Crippen molar-refractivity contribution in [2.24, 2.45) is 5.92 Å². The lowest BCUT2D eigenvalue weighted by molar-refractivity contribution is -0.00902. The van der Waals surface area contributed by atoms with Crippen LogP contribution in [-0.4, -0.2) is 38.7 Å². The monoisotopic (exact) mass is 399 g/mol. The molecule has 4 rings (SSSR count). The summed E-state index contributed by atoms with van der Waals surface area (Å²) in [5, 5.41) is 11.3.